The minimum absolute atomic E-state index is 0.117. The highest BCUT2D eigenvalue weighted by molar-refractivity contribution is 5.96. The third-order valence-corrected chi connectivity index (χ3v) is 4.29. The molecule has 2 aromatic carbocycles. The summed E-state index contributed by atoms with van der Waals surface area (Å²) in [7, 11) is 0. The fourth-order valence-corrected chi connectivity index (χ4v) is 2.87. The van der Waals surface area contributed by atoms with Gasteiger partial charge in [0.1, 0.15) is 11.6 Å². The number of hydrogen-bond acceptors (Lipinski definition) is 2. The molecule has 26 heavy (non-hydrogen) atoms. The molecule has 1 N–H and O–H groups in total. The predicted molar refractivity (Wildman–Crippen MR) is 88.5 cm³/mol. The number of hydrogen-bond donors (Lipinski definition) is 1. The summed E-state index contributed by atoms with van der Waals surface area (Å²) in [5.74, 6) is -0.935. The Balaban J connectivity index is 1.66. The lowest BCUT2D eigenvalue weighted by Crippen LogP contribution is -2.15. The third kappa shape index (κ3) is 3.98. The van der Waals surface area contributed by atoms with Crippen molar-refractivity contribution in [3.63, 3.8) is 0 Å². The van der Waals surface area contributed by atoms with Gasteiger partial charge in [-0.05, 0) is 49.1 Å². The lowest BCUT2D eigenvalue weighted by Gasteiger charge is -2.12. The third-order valence-electron chi connectivity index (χ3n) is 4.29. The van der Waals surface area contributed by atoms with Crippen molar-refractivity contribution in [2.45, 2.75) is 25.4 Å². The number of nitrogens with one attached hydrogen (secondary N) is 1. The summed E-state index contributed by atoms with van der Waals surface area (Å²) >= 11 is 0. The summed E-state index contributed by atoms with van der Waals surface area (Å²) in [6, 6.07) is 8.70. The van der Waals surface area contributed by atoms with Gasteiger partial charge in [-0.2, -0.15) is 13.2 Å². The zero-order valence-electron chi connectivity index (χ0n) is 13.9. The zero-order valence-corrected chi connectivity index (χ0v) is 13.9. The molecule has 0 radical (unpaired) electrons. The Morgan fingerprint density at radius 3 is 2.50 bits per heavy atom. The van der Waals surface area contributed by atoms with Crippen molar-refractivity contribution in [2.75, 3.05) is 11.9 Å². The van der Waals surface area contributed by atoms with Gasteiger partial charge in [-0.3, -0.25) is 4.79 Å². The topological polar surface area (TPSA) is 38.3 Å². The van der Waals surface area contributed by atoms with Crippen LogP contribution in [-0.4, -0.2) is 12.5 Å². The second-order valence-corrected chi connectivity index (χ2v) is 6.13. The fraction of sp³-hybridized carbons (Fsp3) is 0.316. The molecular formula is C19H17F4NO2. The molecule has 1 fully saturated rings. The Morgan fingerprint density at radius 2 is 1.88 bits per heavy atom. The fourth-order valence-electron chi connectivity index (χ4n) is 2.87. The highest BCUT2D eigenvalue weighted by atomic mass is 19.4. The van der Waals surface area contributed by atoms with Crippen molar-refractivity contribution in [3.8, 4) is 5.75 Å². The van der Waals surface area contributed by atoms with Gasteiger partial charge in [-0.25, -0.2) is 4.39 Å². The summed E-state index contributed by atoms with van der Waals surface area (Å²) in [4.78, 5) is 12.4. The first-order valence-electron chi connectivity index (χ1n) is 8.20. The standard InChI is InChI=1S/C19H17F4NO2/c1-2-26-17-9-13(20)7-8-16(17)24-18(25)15-10-14(15)11-3-5-12(6-4-11)19(21,22)23/h3-9,14-15H,2,10H2,1H3,(H,24,25). The molecule has 138 valence electrons. The number of rotatable bonds is 5. The molecule has 1 amide bonds. The molecule has 3 rings (SSSR count). The number of alkyl halides is 3. The Hall–Kier alpha value is -2.57. The number of anilines is 1. The second-order valence-electron chi connectivity index (χ2n) is 6.13. The summed E-state index contributed by atoms with van der Waals surface area (Å²) < 4.78 is 56.4. The highest BCUT2D eigenvalue weighted by Gasteiger charge is 2.44. The van der Waals surface area contributed by atoms with Crippen LogP contribution in [0.5, 0.6) is 5.75 Å². The van der Waals surface area contributed by atoms with Gasteiger partial charge in [0, 0.05) is 12.0 Å². The maximum atomic E-state index is 13.3. The molecule has 1 aliphatic rings. The van der Waals surface area contributed by atoms with Gasteiger partial charge < -0.3 is 10.1 Å². The SMILES string of the molecule is CCOc1cc(F)ccc1NC(=O)C1CC1c1ccc(C(F)(F)F)cc1. The molecule has 0 aromatic heterocycles. The van der Waals surface area contributed by atoms with Crippen molar-refractivity contribution in [1.82, 2.24) is 0 Å². The first kappa shape index (κ1) is 18.2. The van der Waals surface area contributed by atoms with E-state index in [0.29, 0.717) is 24.3 Å². The largest absolute Gasteiger partial charge is 0.492 e. The molecule has 1 saturated carbocycles. The van der Waals surface area contributed by atoms with Crippen molar-refractivity contribution < 1.29 is 27.1 Å². The first-order chi connectivity index (χ1) is 12.3. The smallest absolute Gasteiger partial charge is 0.416 e. The molecular weight excluding hydrogens is 350 g/mol. The first-order valence-corrected chi connectivity index (χ1v) is 8.20. The van der Waals surface area contributed by atoms with Crippen LogP contribution in [0.15, 0.2) is 42.5 Å². The van der Waals surface area contributed by atoms with E-state index < -0.39 is 17.6 Å². The summed E-state index contributed by atoms with van der Waals surface area (Å²) in [5.41, 5.74) is 0.356. The van der Waals surface area contributed by atoms with Gasteiger partial charge in [0.15, 0.2) is 0 Å². The van der Waals surface area contributed by atoms with Gasteiger partial charge in [-0.1, -0.05) is 12.1 Å². The van der Waals surface area contributed by atoms with E-state index in [1.54, 1.807) is 6.92 Å². The Kier molecular flexibility index (Phi) is 4.89. The maximum absolute atomic E-state index is 13.3. The van der Waals surface area contributed by atoms with Crippen LogP contribution in [0.4, 0.5) is 23.2 Å². The van der Waals surface area contributed by atoms with Crippen molar-refractivity contribution >= 4 is 11.6 Å². The average Bonchev–Trinajstić information content (AvgIpc) is 3.38. The minimum Gasteiger partial charge on any atom is -0.492 e. The van der Waals surface area contributed by atoms with E-state index >= 15 is 0 Å². The molecule has 7 heteroatoms. The molecule has 0 bridgehead atoms. The molecule has 1 aliphatic carbocycles. The molecule has 2 atom stereocenters. The summed E-state index contributed by atoms with van der Waals surface area (Å²) in [6.45, 7) is 2.07. The quantitative estimate of drug-likeness (QED) is 0.757. The summed E-state index contributed by atoms with van der Waals surface area (Å²) in [5, 5.41) is 2.71. The van der Waals surface area contributed by atoms with Gasteiger partial charge in [0.05, 0.1) is 17.9 Å². The lowest BCUT2D eigenvalue weighted by molar-refractivity contribution is -0.137. The Labute approximate surface area is 148 Å². The van der Waals surface area contributed by atoms with E-state index in [1.807, 2.05) is 0 Å². The van der Waals surface area contributed by atoms with Crippen LogP contribution in [0, 0.1) is 11.7 Å². The molecule has 3 nitrogen and oxygen atoms in total. The van der Waals surface area contributed by atoms with Gasteiger partial charge >= 0.3 is 6.18 Å². The number of amides is 1. The van der Waals surface area contributed by atoms with Crippen LogP contribution in [0.25, 0.3) is 0 Å². The van der Waals surface area contributed by atoms with E-state index in [4.69, 9.17) is 4.74 Å². The van der Waals surface area contributed by atoms with Gasteiger partial charge in [0.2, 0.25) is 5.91 Å². The number of carbonyl (C=O) groups is 1. The average molecular weight is 367 g/mol. The van der Waals surface area contributed by atoms with Crippen LogP contribution in [-0.2, 0) is 11.0 Å². The molecule has 0 aliphatic heterocycles. The van der Waals surface area contributed by atoms with Crippen molar-refractivity contribution in [3.05, 3.63) is 59.4 Å². The molecule has 2 unspecified atom stereocenters. The molecule has 0 saturated heterocycles. The van der Waals surface area contributed by atoms with E-state index in [0.717, 1.165) is 12.1 Å². The van der Waals surface area contributed by atoms with Crippen molar-refractivity contribution in [2.24, 2.45) is 5.92 Å². The minimum atomic E-state index is -4.38. The van der Waals surface area contributed by atoms with Crippen LogP contribution in [0.3, 0.4) is 0 Å². The number of halogens is 4. The Bertz CT molecular complexity index is 802. The van der Waals surface area contributed by atoms with Crippen LogP contribution in [0.1, 0.15) is 30.4 Å². The van der Waals surface area contributed by atoms with E-state index in [9.17, 15) is 22.4 Å². The van der Waals surface area contributed by atoms with E-state index in [-0.39, 0.29) is 23.5 Å². The number of carbonyl (C=O) groups excluding carboxylic acids is 1. The van der Waals surface area contributed by atoms with Crippen LogP contribution in [0.2, 0.25) is 0 Å². The highest BCUT2D eigenvalue weighted by Crippen LogP contribution is 2.48. The predicted octanol–water partition coefficient (Wildman–Crippen LogP) is 4.99. The Morgan fingerprint density at radius 1 is 1.19 bits per heavy atom. The lowest BCUT2D eigenvalue weighted by atomic mass is 10.1. The zero-order chi connectivity index (χ0) is 18.9. The molecule has 0 heterocycles. The van der Waals surface area contributed by atoms with E-state index in [2.05, 4.69) is 5.32 Å². The van der Waals surface area contributed by atoms with Crippen LogP contribution < -0.4 is 10.1 Å². The van der Waals surface area contributed by atoms with Gasteiger partial charge in [-0.15, -0.1) is 0 Å². The van der Waals surface area contributed by atoms with Gasteiger partial charge in [0.25, 0.3) is 0 Å². The normalized spacial score (nSPS) is 19.1. The van der Waals surface area contributed by atoms with Crippen LogP contribution >= 0.6 is 0 Å². The van der Waals surface area contributed by atoms with E-state index in [1.165, 1.54) is 30.3 Å². The number of ether oxygens (including phenoxy) is 1. The monoisotopic (exact) mass is 367 g/mol. The molecule has 0 spiro atoms. The maximum Gasteiger partial charge on any atom is 0.416 e. The van der Waals surface area contributed by atoms with Crippen molar-refractivity contribution in [1.29, 1.82) is 0 Å². The molecule has 2 aromatic rings. The second kappa shape index (κ2) is 6.97. The summed E-state index contributed by atoms with van der Waals surface area (Å²) in [6.07, 6.45) is -3.82. The number of benzene rings is 2.